The third-order valence-corrected chi connectivity index (χ3v) is 3.02. The molecule has 102 valence electrons. The summed E-state index contributed by atoms with van der Waals surface area (Å²) in [5, 5.41) is 7.36. The first kappa shape index (κ1) is 12.6. The second kappa shape index (κ2) is 5.26. The second-order valence-corrected chi connectivity index (χ2v) is 4.64. The van der Waals surface area contributed by atoms with Crippen LogP contribution in [0.4, 0.5) is 0 Å². The molecule has 0 unspecified atom stereocenters. The van der Waals surface area contributed by atoms with E-state index in [1.807, 2.05) is 37.6 Å². The third-order valence-electron chi connectivity index (χ3n) is 3.02. The van der Waals surface area contributed by atoms with Crippen LogP contribution in [-0.2, 0) is 20.1 Å². The van der Waals surface area contributed by atoms with Gasteiger partial charge in [-0.1, -0.05) is 6.07 Å². The summed E-state index contributed by atoms with van der Waals surface area (Å²) in [6.07, 6.45) is 5.49. The Morgan fingerprint density at radius 3 is 3.00 bits per heavy atom. The zero-order chi connectivity index (χ0) is 13.9. The molecule has 0 fully saturated rings. The van der Waals surface area contributed by atoms with Crippen molar-refractivity contribution in [2.45, 2.75) is 13.1 Å². The highest BCUT2D eigenvalue weighted by Gasteiger charge is 2.02. The number of rotatable bonds is 4. The Hall–Kier alpha value is -2.47. The molecule has 3 rings (SSSR count). The molecule has 6 heteroatoms. The molecule has 0 spiro atoms. The lowest BCUT2D eigenvalue weighted by Gasteiger charge is -2.04. The quantitative estimate of drug-likeness (QED) is 0.758. The van der Waals surface area contributed by atoms with Crippen LogP contribution in [-0.4, -0.2) is 19.2 Å². The Labute approximate surface area is 115 Å². The first-order chi connectivity index (χ1) is 9.72. The highest BCUT2D eigenvalue weighted by atomic mass is 16.1. The van der Waals surface area contributed by atoms with Gasteiger partial charge in [0.25, 0.3) is 5.56 Å². The van der Waals surface area contributed by atoms with Gasteiger partial charge in [0.2, 0.25) is 0 Å². The fraction of sp³-hybridized carbons (Fsp3) is 0.214. The maximum absolute atomic E-state index is 11.9. The molecular formula is C14H15N5O. The Morgan fingerprint density at radius 2 is 2.20 bits per heavy atom. The van der Waals surface area contributed by atoms with E-state index >= 15 is 0 Å². The molecule has 0 radical (unpaired) electrons. The summed E-state index contributed by atoms with van der Waals surface area (Å²) < 4.78 is 3.29. The number of aryl methyl sites for hydroxylation is 1. The summed E-state index contributed by atoms with van der Waals surface area (Å²) in [5.74, 6) is 0. The molecule has 0 aromatic carbocycles. The first-order valence-electron chi connectivity index (χ1n) is 6.38. The molecule has 0 saturated carbocycles. The van der Waals surface area contributed by atoms with Crippen LogP contribution in [0.1, 0.15) is 11.3 Å². The Kier molecular flexibility index (Phi) is 3.30. The van der Waals surface area contributed by atoms with Crippen LogP contribution in [0.25, 0.3) is 5.65 Å². The van der Waals surface area contributed by atoms with Gasteiger partial charge in [-0.3, -0.25) is 13.9 Å². The van der Waals surface area contributed by atoms with E-state index in [9.17, 15) is 4.79 Å². The van der Waals surface area contributed by atoms with Crippen LogP contribution < -0.4 is 10.9 Å². The molecular weight excluding hydrogens is 254 g/mol. The van der Waals surface area contributed by atoms with Crippen molar-refractivity contribution in [3.05, 3.63) is 64.5 Å². The van der Waals surface area contributed by atoms with Crippen molar-refractivity contribution >= 4 is 5.65 Å². The Morgan fingerprint density at radius 1 is 1.30 bits per heavy atom. The lowest BCUT2D eigenvalue weighted by atomic mass is 10.3. The smallest absolute Gasteiger partial charge is 0.258 e. The number of nitrogens with one attached hydrogen (secondary N) is 1. The van der Waals surface area contributed by atoms with Crippen LogP contribution in [0.3, 0.4) is 0 Å². The van der Waals surface area contributed by atoms with Crippen LogP contribution >= 0.6 is 0 Å². The zero-order valence-electron chi connectivity index (χ0n) is 11.2. The van der Waals surface area contributed by atoms with E-state index in [0.29, 0.717) is 18.7 Å². The van der Waals surface area contributed by atoms with Gasteiger partial charge in [-0.2, -0.15) is 5.10 Å². The van der Waals surface area contributed by atoms with Gasteiger partial charge in [-0.15, -0.1) is 0 Å². The van der Waals surface area contributed by atoms with Gasteiger partial charge in [0.05, 0.1) is 11.9 Å². The number of hydrogen-bond acceptors (Lipinski definition) is 4. The van der Waals surface area contributed by atoms with Gasteiger partial charge in [0.15, 0.2) is 0 Å². The van der Waals surface area contributed by atoms with E-state index in [0.717, 1.165) is 11.3 Å². The SMILES string of the molecule is Cn1cc(CNCc2cc(=O)n3ccccc3n2)cn1. The average molecular weight is 269 g/mol. The van der Waals surface area contributed by atoms with E-state index in [2.05, 4.69) is 15.4 Å². The second-order valence-electron chi connectivity index (χ2n) is 4.64. The molecule has 0 amide bonds. The lowest BCUT2D eigenvalue weighted by molar-refractivity contribution is 0.677. The molecule has 0 aliphatic carbocycles. The summed E-state index contributed by atoms with van der Waals surface area (Å²) in [6, 6.07) is 7.07. The molecule has 3 aromatic heterocycles. The molecule has 3 heterocycles. The number of hydrogen-bond donors (Lipinski definition) is 1. The molecule has 3 aromatic rings. The van der Waals surface area contributed by atoms with E-state index < -0.39 is 0 Å². The molecule has 0 aliphatic rings. The number of nitrogens with zero attached hydrogens (tertiary/aromatic N) is 4. The fourth-order valence-corrected chi connectivity index (χ4v) is 2.09. The highest BCUT2D eigenvalue weighted by molar-refractivity contribution is 5.37. The van der Waals surface area contributed by atoms with Gasteiger partial charge < -0.3 is 5.32 Å². The molecule has 0 atom stereocenters. The van der Waals surface area contributed by atoms with Crippen molar-refractivity contribution in [3.63, 3.8) is 0 Å². The standard InChI is InChI=1S/C14H15N5O/c1-18-10-11(8-16-18)7-15-9-12-6-14(20)19-5-3-2-4-13(19)17-12/h2-6,8,10,15H,7,9H2,1H3. The number of pyridine rings is 1. The Balaban J connectivity index is 1.73. The molecule has 20 heavy (non-hydrogen) atoms. The maximum atomic E-state index is 11.9. The molecule has 0 bridgehead atoms. The van der Waals surface area contributed by atoms with Crippen LogP contribution in [0.15, 0.2) is 47.7 Å². The van der Waals surface area contributed by atoms with Gasteiger partial charge in [0.1, 0.15) is 5.65 Å². The average Bonchev–Trinajstić information content (AvgIpc) is 2.85. The topological polar surface area (TPSA) is 64.2 Å². The largest absolute Gasteiger partial charge is 0.307 e. The van der Waals surface area contributed by atoms with Gasteiger partial charge >= 0.3 is 0 Å². The minimum Gasteiger partial charge on any atom is -0.307 e. The summed E-state index contributed by atoms with van der Waals surface area (Å²) in [7, 11) is 1.88. The minimum atomic E-state index is -0.0613. The lowest BCUT2D eigenvalue weighted by Crippen LogP contribution is -2.19. The summed E-state index contributed by atoms with van der Waals surface area (Å²) in [6.45, 7) is 1.25. The summed E-state index contributed by atoms with van der Waals surface area (Å²) in [5.41, 5.74) is 2.45. The number of fused-ring (bicyclic) bond motifs is 1. The minimum absolute atomic E-state index is 0.0613. The van der Waals surface area contributed by atoms with Crippen molar-refractivity contribution < 1.29 is 0 Å². The van der Waals surface area contributed by atoms with Gasteiger partial charge in [0, 0.05) is 44.2 Å². The van der Waals surface area contributed by atoms with E-state index in [-0.39, 0.29) is 5.56 Å². The molecule has 0 saturated heterocycles. The maximum Gasteiger partial charge on any atom is 0.258 e. The molecule has 1 N–H and O–H groups in total. The predicted octanol–water partition coefficient (Wildman–Crippen LogP) is 0.718. The third kappa shape index (κ3) is 2.60. The van der Waals surface area contributed by atoms with E-state index in [1.54, 1.807) is 16.9 Å². The van der Waals surface area contributed by atoms with Crippen molar-refractivity contribution in [1.82, 2.24) is 24.5 Å². The molecule has 6 nitrogen and oxygen atoms in total. The normalized spacial score (nSPS) is 11.1. The van der Waals surface area contributed by atoms with Crippen LogP contribution in [0.5, 0.6) is 0 Å². The fourth-order valence-electron chi connectivity index (χ4n) is 2.09. The van der Waals surface area contributed by atoms with Crippen molar-refractivity contribution in [2.24, 2.45) is 7.05 Å². The zero-order valence-corrected chi connectivity index (χ0v) is 11.2. The first-order valence-corrected chi connectivity index (χ1v) is 6.38. The van der Waals surface area contributed by atoms with E-state index in [4.69, 9.17) is 0 Å². The van der Waals surface area contributed by atoms with Gasteiger partial charge in [-0.05, 0) is 12.1 Å². The monoisotopic (exact) mass is 269 g/mol. The predicted molar refractivity (Wildman–Crippen MR) is 75.2 cm³/mol. The van der Waals surface area contributed by atoms with Crippen molar-refractivity contribution in [1.29, 1.82) is 0 Å². The molecule has 0 aliphatic heterocycles. The van der Waals surface area contributed by atoms with Gasteiger partial charge in [-0.25, -0.2) is 4.98 Å². The highest BCUT2D eigenvalue weighted by Crippen LogP contribution is 2.00. The van der Waals surface area contributed by atoms with Crippen molar-refractivity contribution in [3.8, 4) is 0 Å². The summed E-state index contributed by atoms with van der Waals surface area (Å²) in [4.78, 5) is 16.4. The van der Waals surface area contributed by atoms with Crippen LogP contribution in [0, 0.1) is 0 Å². The van der Waals surface area contributed by atoms with Crippen LogP contribution in [0.2, 0.25) is 0 Å². The Bertz CT molecular complexity index is 789. The number of aromatic nitrogens is 4. The van der Waals surface area contributed by atoms with E-state index in [1.165, 1.54) is 4.40 Å². The summed E-state index contributed by atoms with van der Waals surface area (Å²) >= 11 is 0. The van der Waals surface area contributed by atoms with Crippen molar-refractivity contribution in [2.75, 3.05) is 0 Å².